The van der Waals surface area contributed by atoms with E-state index in [0.717, 1.165) is 0 Å². The summed E-state index contributed by atoms with van der Waals surface area (Å²) in [4.78, 5) is 65.7. The molecule has 0 radical (unpaired) electrons. The highest BCUT2D eigenvalue weighted by molar-refractivity contribution is 5.79. The van der Waals surface area contributed by atoms with Crippen molar-refractivity contribution >= 4 is 29.8 Å². The van der Waals surface area contributed by atoms with Gasteiger partial charge in [-0.2, -0.15) is 0 Å². The van der Waals surface area contributed by atoms with E-state index in [2.05, 4.69) is 0 Å². The number of aliphatic carboxylic acids is 1. The third-order valence-electron chi connectivity index (χ3n) is 4.75. The van der Waals surface area contributed by atoms with Crippen molar-refractivity contribution in [3.8, 4) is 0 Å². The van der Waals surface area contributed by atoms with Gasteiger partial charge in [0.15, 0.2) is 0 Å². The van der Waals surface area contributed by atoms with Crippen LogP contribution in [0.2, 0.25) is 0 Å². The number of ether oxygens (including phenoxy) is 4. The lowest BCUT2D eigenvalue weighted by Crippen LogP contribution is -2.51. The first-order chi connectivity index (χ1) is 18.3. The Labute approximate surface area is 245 Å². The van der Waals surface area contributed by atoms with E-state index in [-0.39, 0.29) is 45.6 Å². The zero-order chi connectivity index (χ0) is 32.4. The summed E-state index contributed by atoms with van der Waals surface area (Å²) in [5, 5.41) is 9.32. The van der Waals surface area contributed by atoms with E-state index in [9.17, 15) is 29.1 Å². The average Bonchev–Trinajstić information content (AvgIpc) is 2.65. The van der Waals surface area contributed by atoms with Crippen LogP contribution < -0.4 is 0 Å². The highest BCUT2D eigenvalue weighted by Gasteiger charge is 2.34. The van der Waals surface area contributed by atoms with Gasteiger partial charge in [0.2, 0.25) is 0 Å². The summed E-state index contributed by atoms with van der Waals surface area (Å²) < 4.78 is 21.9. The number of carbonyl (C=O) groups excluding carboxylic acids is 4. The number of hydrogen-bond donors (Lipinski definition) is 1. The molecule has 0 saturated heterocycles. The minimum Gasteiger partial charge on any atom is -0.481 e. The Morgan fingerprint density at radius 2 is 0.951 bits per heavy atom. The predicted molar refractivity (Wildman–Crippen MR) is 152 cm³/mol. The molecule has 0 unspecified atom stereocenters. The molecule has 0 fully saturated rings. The zero-order valence-electron chi connectivity index (χ0n) is 27.0. The van der Waals surface area contributed by atoms with E-state index in [0.29, 0.717) is 0 Å². The van der Waals surface area contributed by atoms with E-state index in [1.165, 1.54) is 9.80 Å². The van der Waals surface area contributed by atoms with Gasteiger partial charge in [-0.3, -0.25) is 33.8 Å². The van der Waals surface area contributed by atoms with Crippen LogP contribution in [0.4, 0.5) is 0 Å². The fourth-order valence-electron chi connectivity index (χ4n) is 3.56. The second-order valence-corrected chi connectivity index (χ2v) is 13.9. The molecule has 0 heterocycles. The molecule has 0 aromatic rings. The van der Waals surface area contributed by atoms with Crippen molar-refractivity contribution in [2.75, 3.05) is 32.7 Å². The van der Waals surface area contributed by atoms with Crippen LogP contribution in [0.25, 0.3) is 0 Å². The Kier molecular flexibility index (Phi) is 14.5. The molecule has 0 aromatic heterocycles. The first-order valence-electron chi connectivity index (χ1n) is 13.8. The highest BCUT2D eigenvalue weighted by Crippen LogP contribution is 2.17. The van der Waals surface area contributed by atoms with Gasteiger partial charge in [0.1, 0.15) is 28.4 Å². The summed E-state index contributed by atoms with van der Waals surface area (Å²) in [6.07, 6.45) is -0.487. The maximum absolute atomic E-state index is 13.2. The van der Waals surface area contributed by atoms with Gasteiger partial charge in [-0.05, 0) is 89.5 Å². The third-order valence-corrected chi connectivity index (χ3v) is 4.75. The maximum Gasteiger partial charge on any atom is 0.323 e. The van der Waals surface area contributed by atoms with Crippen molar-refractivity contribution < 1.29 is 48.0 Å². The van der Waals surface area contributed by atoms with Gasteiger partial charge in [-0.15, -0.1) is 0 Å². The number of nitrogens with zero attached hydrogens (tertiary/aromatic N) is 2. The topological polar surface area (TPSA) is 149 Å². The first-order valence-corrected chi connectivity index (χ1v) is 13.8. The van der Waals surface area contributed by atoms with Crippen LogP contribution in [-0.2, 0) is 42.9 Å². The fourth-order valence-corrected chi connectivity index (χ4v) is 3.56. The standard InChI is InChI=1S/C29H52N2O10/c1-26(2,3)38-22(34)17-30(18-23(35)39-27(4,5)6)15-16-31(19-24(36)40-28(7,8)9)20(13-14-21(32)33)25(37)41-29(10,11)12/h20H,13-19H2,1-12H3,(H,32,33)/t20-/m0/s1. The minimum absolute atomic E-state index is 0.00559. The smallest absolute Gasteiger partial charge is 0.323 e. The number of rotatable bonds is 14. The summed E-state index contributed by atoms with van der Waals surface area (Å²) in [5.41, 5.74) is -3.17. The molecule has 0 rings (SSSR count). The highest BCUT2D eigenvalue weighted by atomic mass is 16.6. The molecular weight excluding hydrogens is 536 g/mol. The molecule has 12 heteroatoms. The molecule has 0 bridgehead atoms. The van der Waals surface area contributed by atoms with E-state index in [1.807, 2.05) is 0 Å². The van der Waals surface area contributed by atoms with Crippen LogP contribution >= 0.6 is 0 Å². The number of hydrogen-bond acceptors (Lipinski definition) is 11. The van der Waals surface area contributed by atoms with Gasteiger partial charge < -0.3 is 24.1 Å². The lowest BCUT2D eigenvalue weighted by molar-refractivity contribution is -0.167. The molecule has 0 aliphatic carbocycles. The second kappa shape index (κ2) is 15.5. The monoisotopic (exact) mass is 588 g/mol. The summed E-state index contributed by atoms with van der Waals surface area (Å²) in [6.45, 7) is 19.6. The Hall–Kier alpha value is -2.73. The molecule has 0 aliphatic heterocycles. The number of carboxylic acids is 1. The Balaban J connectivity index is 6.22. The van der Waals surface area contributed by atoms with Gasteiger partial charge >= 0.3 is 29.8 Å². The lowest BCUT2D eigenvalue weighted by Gasteiger charge is -2.34. The number of esters is 4. The average molecular weight is 589 g/mol. The van der Waals surface area contributed by atoms with Crippen LogP contribution in [0.15, 0.2) is 0 Å². The molecule has 1 N–H and O–H groups in total. The van der Waals surface area contributed by atoms with Crippen LogP contribution in [0, 0.1) is 0 Å². The van der Waals surface area contributed by atoms with E-state index >= 15 is 0 Å². The van der Waals surface area contributed by atoms with E-state index in [4.69, 9.17) is 18.9 Å². The van der Waals surface area contributed by atoms with Gasteiger partial charge in [-0.1, -0.05) is 0 Å². The molecule has 238 valence electrons. The maximum atomic E-state index is 13.2. The largest absolute Gasteiger partial charge is 0.481 e. The lowest BCUT2D eigenvalue weighted by atomic mass is 10.1. The van der Waals surface area contributed by atoms with E-state index < -0.39 is 58.3 Å². The summed E-state index contributed by atoms with van der Waals surface area (Å²) in [7, 11) is 0. The molecule has 0 aliphatic rings. The van der Waals surface area contributed by atoms with Crippen molar-refractivity contribution in [1.29, 1.82) is 0 Å². The minimum atomic E-state index is -1.12. The Morgan fingerprint density at radius 1 is 0.585 bits per heavy atom. The van der Waals surface area contributed by atoms with Crippen molar-refractivity contribution in [3.63, 3.8) is 0 Å². The molecule has 0 saturated carbocycles. The summed E-state index contributed by atoms with van der Waals surface area (Å²) in [5.74, 6) is -3.60. The van der Waals surface area contributed by atoms with Gasteiger partial charge in [0.25, 0.3) is 0 Å². The van der Waals surface area contributed by atoms with Crippen LogP contribution in [0.1, 0.15) is 95.9 Å². The van der Waals surface area contributed by atoms with Crippen LogP contribution in [0.3, 0.4) is 0 Å². The van der Waals surface area contributed by atoms with Gasteiger partial charge in [0.05, 0.1) is 19.6 Å². The Morgan fingerprint density at radius 3 is 1.29 bits per heavy atom. The fraction of sp³-hybridized carbons (Fsp3) is 0.828. The molecular formula is C29H52N2O10. The zero-order valence-corrected chi connectivity index (χ0v) is 27.0. The van der Waals surface area contributed by atoms with E-state index in [1.54, 1.807) is 83.1 Å². The van der Waals surface area contributed by atoms with Crippen molar-refractivity contribution in [1.82, 2.24) is 9.80 Å². The van der Waals surface area contributed by atoms with Crippen molar-refractivity contribution in [2.45, 2.75) is 124 Å². The summed E-state index contributed by atoms with van der Waals surface area (Å²) in [6, 6.07) is -1.11. The van der Waals surface area contributed by atoms with Crippen molar-refractivity contribution in [2.24, 2.45) is 0 Å². The molecule has 12 nitrogen and oxygen atoms in total. The second-order valence-electron chi connectivity index (χ2n) is 13.9. The summed E-state index contributed by atoms with van der Waals surface area (Å²) >= 11 is 0. The molecule has 1 atom stereocenters. The molecule has 0 amide bonds. The first kappa shape index (κ1) is 38.3. The molecule has 0 aromatic carbocycles. The molecule has 0 spiro atoms. The van der Waals surface area contributed by atoms with Crippen LogP contribution in [-0.4, -0.2) is 106 Å². The normalized spacial score (nSPS) is 13.5. The quantitative estimate of drug-likeness (QED) is 0.235. The third kappa shape index (κ3) is 20.7. The van der Waals surface area contributed by atoms with Crippen LogP contribution in [0.5, 0.6) is 0 Å². The predicted octanol–water partition coefficient (Wildman–Crippen LogP) is 3.19. The number of carboxylic acid groups (broad SMARTS) is 1. The molecule has 41 heavy (non-hydrogen) atoms. The SMILES string of the molecule is CC(C)(C)OC(=O)CN(CCN(CC(=O)OC(C)(C)C)[C@@H](CCC(=O)O)C(=O)OC(C)(C)C)CC(=O)OC(C)(C)C. The van der Waals surface area contributed by atoms with Gasteiger partial charge in [-0.25, -0.2) is 0 Å². The Bertz CT molecular complexity index is 875. The number of carbonyl (C=O) groups is 5. The van der Waals surface area contributed by atoms with Gasteiger partial charge in [0, 0.05) is 19.5 Å². The van der Waals surface area contributed by atoms with Crippen molar-refractivity contribution in [3.05, 3.63) is 0 Å².